The summed E-state index contributed by atoms with van der Waals surface area (Å²) in [5.74, 6) is 1.50. The van der Waals surface area contributed by atoms with Crippen LogP contribution in [-0.4, -0.2) is 46.4 Å². The number of hydrogen-bond donors (Lipinski definition) is 2. The summed E-state index contributed by atoms with van der Waals surface area (Å²) in [7, 11) is 1.27. The second kappa shape index (κ2) is 10.1. The molecule has 8 heteroatoms. The lowest BCUT2D eigenvalue weighted by Crippen LogP contribution is -2.36. The van der Waals surface area contributed by atoms with Crippen molar-refractivity contribution in [2.24, 2.45) is 4.99 Å². The zero-order valence-electron chi connectivity index (χ0n) is 16.8. The minimum absolute atomic E-state index is 0.270. The van der Waals surface area contributed by atoms with Crippen LogP contribution in [0.1, 0.15) is 18.1 Å². The van der Waals surface area contributed by atoms with Gasteiger partial charge in [0.25, 0.3) is 0 Å². The maximum atomic E-state index is 12.1. The number of rotatable bonds is 8. The van der Waals surface area contributed by atoms with Gasteiger partial charge in [-0.15, -0.1) is 0 Å². The van der Waals surface area contributed by atoms with E-state index in [1.54, 1.807) is 31.4 Å². The van der Waals surface area contributed by atoms with E-state index < -0.39 is 10.0 Å². The van der Waals surface area contributed by atoms with Crippen molar-refractivity contribution in [2.75, 3.05) is 27.7 Å². The molecule has 0 saturated heterocycles. The summed E-state index contributed by atoms with van der Waals surface area (Å²) in [6.45, 7) is 3.75. The van der Waals surface area contributed by atoms with Crippen LogP contribution in [0.3, 0.4) is 0 Å². The summed E-state index contributed by atoms with van der Waals surface area (Å²) in [4.78, 5) is 4.84. The minimum Gasteiger partial charge on any atom is -0.496 e. The molecule has 0 aliphatic heterocycles. The topological polar surface area (TPSA) is 83.0 Å². The van der Waals surface area contributed by atoms with Crippen molar-refractivity contribution in [3.05, 3.63) is 59.7 Å². The molecule has 28 heavy (non-hydrogen) atoms. The van der Waals surface area contributed by atoms with E-state index in [-0.39, 0.29) is 4.90 Å². The standard InChI is InChI=1S/C20H28N4O3S/c1-5-21-20(23-15-17-8-6-7-9-19(17)27-4)22-14-16-10-12-18(13-11-16)28(25,26)24(2)3/h6-13H,5,14-15H2,1-4H3,(H2,21,22,23). The van der Waals surface area contributed by atoms with Crippen molar-refractivity contribution in [1.82, 2.24) is 14.9 Å². The van der Waals surface area contributed by atoms with E-state index in [4.69, 9.17) is 4.74 Å². The Hall–Kier alpha value is -2.58. The van der Waals surface area contributed by atoms with Crippen LogP contribution in [0.5, 0.6) is 5.75 Å². The van der Waals surface area contributed by atoms with Crippen LogP contribution in [0.25, 0.3) is 0 Å². The van der Waals surface area contributed by atoms with Crippen molar-refractivity contribution in [1.29, 1.82) is 0 Å². The third kappa shape index (κ3) is 5.71. The summed E-state index contributed by atoms with van der Waals surface area (Å²) < 4.78 is 30.8. The molecule has 0 bridgehead atoms. The number of para-hydroxylation sites is 1. The number of nitrogens with zero attached hydrogens (tertiary/aromatic N) is 2. The van der Waals surface area contributed by atoms with Gasteiger partial charge in [-0.05, 0) is 30.7 Å². The molecule has 0 unspecified atom stereocenters. The molecule has 0 radical (unpaired) electrons. The van der Waals surface area contributed by atoms with Crippen molar-refractivity contribution in [3.8, 4) is 5.75 Å². The summed E-state index contributed by atoms with van der Waals surface area (Å²) in [5, 5.41) is 6.50. The Labute approximate surface area is 167 Å². The third-order valence-corrected chi connectivity index (χ3v) is 5.93. The maximum absolute atomic E-state index is 12.1. The van der Waals surface area contributed by atoms with E-state index in [0.29, 0.717) is 19.0 Å². The molecular formula is C20H28N4O3S. The van der Waals surface area contributed by atoms with Crippen LogP contribution < -0.4 is 15.4 Å². The van der Waals surface area contributed by atoms with Gasteiger partial charge in [0.2, 0.25) is 10.0 Å². The molecule has 0 fully saturated rings. The molecule has 2 aromatic rings. The predicted molar refractivity (Wildman–Crippen MR) is 112 cm³/mol. The van der Waals surface area contributed by atoms with Gasteiger partial charge >= 0.3 is 0 Å². The molecule has 7 nitrogen and oxygen atoms in total. The monoisotopic (exact) mass is 404 g/mol. The summed E-state index contributed by atoms with van der Waals surface area (Å²) in [6.07, 6.45) is 0. The highest BCUT2D eigenvalue weighted by molar-refractivity contribution is 7.89. The zero-order valence-corrected chi connectivity index (χ0v) is 17.6. The van der Waals surface area contributed by atoms with Crippen LogP contribution >= 0.6 is 0 Å². The Morgan fingerprint density at radius 3 is 2.36 bits per heavy atom. The van der Waals surface area contributed by atoms with Crippen LogP contribution in [-0.2, 0) is 23.1 Å². The Kier molecular flexibility index (Phi) is 7.83. The first kappa shape index (κ1) is 21.7. The largest absolute Gasteiger partial charge is 0.496 e. The smallest absolute Gasteiger partial charge is 0.242 e. The first-order valence-electron chi connectivity index (χ1n) is 9.04. The molecule has 0 heterocycles. The van der Waals surface area contributed by atoms with Gasteiger partial charge in [0, 0.05) is 32.7 Å². The number of benzene rings is 2. The molecule has 0 amide bonds. The number of ether oxygens (including phenoxy) is 1. The Bertz CT molecular complexity index is 894. The minimum atomic E-state index is -3.42. The fraction of sp³-hybridized carbons (Fsp3) is 0.350. The normalized spacial score (nSPS) is 12.1. The quantitative estimate of drug-likeness (QED) is 0.521. The van der Waals surface area contributed by atoms with E-state index in [1.807, 2.05) is 31.2 Å². The lowest BCUT2D eigenvalue weighted by Gasteiger charge is -2.14. The van der Waals surface area contributed by atoms with Gasteiger partial charge in [-0.3, -0.25) is 0 Å². The maximum Gasteiger partial charge on any atom is 0.242 e. The lowest BCUT2D eigenvalue weighted by molar-refractivity contribution is 0.409. The van der Waals surface area contributed by atoms with Crippen molar-refractivity contribution >= 4 is 16.0 Å². The number of sulfonamides is 1. The predicted octanol–water partition coefficient (Wildman–Crippen LogP) is 2.20. The Morgan fingerprint density at radius 2 is 1.75 bits per heavy atom. The molecule has 2 aromatic carbocycles. The summed E-state index contributed by atoms with van der Waals surface area (Å²) >= 11 is 0. The molecule has 0 atom stereocenters. The van der Waals surface area contributed by atoms with Gasteiger partial charge in [-0.1, -0.05) is 30.3 Å². The molecule has 0 aromatic heterocycles. The second-order valence-electron chi connectivity index (χ2n) is 6.29. The Morgan fingerprint density at radius 1 is 1.07 bits per heavy atom. The van der Waals surface area contributed by atoms with Crippen LogP contribution in [0.4, 0.5) is 0 Å². The average molecular weight is 405 g/mol. The van der Waals surface area contributed by atoms with E-state index >= 15 is 0 Å². The Balaban J connectivity index is 2.06. The van der Waals surface area contributed by atoms with E-state index in [9.17, 15) is 8.42 Å². The molecule has 0 spiro atoms. The van der Waals surface area contributed by atoms with Gasteiger partial charge in [-0.2, -0.15) is 0 Å². The molecule has 2 rings (SSSR count). The third-order valence-electron chi connectivity index (χ3n) is 4.10. The number of hydrogen-bond acceptors (Lipinski definition) is 4. The summed E-state index contributed by atoms with van der Waals surface area (Å²) in [5.41, 5.74) is 1.96. The van der Waals surface area contributed by atoms with E-state index in [0.717, 1.165) is 23.4 Å². The highest BCUT2D eigenvalue weighted by atomic mass is 32.2. The van der Waals surface area contributed by atoms with Crippen molar-refractivity contribution in [2.45, 2.75) is 24.9 Å². The van der Waals surface area contributed by atoms with Crippen molar-refractivity contribution in [3.63, 3.8) is 0 Å². The molecule has 0 saturated carbocycles. The van der Waals surface area contributed by atoms with Crippen LogP contribution in [0, 0.1) is 0 Å². The molecule has 0 aliphatic carbocycles. The van der Waals surface area contributed by atoms with Crippen molar-refractivity contribution < 1.29 is 13.2 Å². The SMILES string of the molecule is CCNC(=NCc1ccc(S(=O)(=O)N(C)C)cc1)NCc1ccccc1OC. The first-order chi connectivity index (χ1) is 13.4. The number of nitrogens with one attached hydrogen (secondary N) is 2. The zero-order chi connectivity index (χ0) is 20.6. The van der Waals surface area contributed by atoms with Gasteiger partial charge in [-0.25, -0.2) is 17.7 Å². The average Bonchev–Trinajstić information content (AvgIpc) is 2.70. The lowest BCUT2D eigenvalue weighted by atomic mass is 10.2. The second-order valence-corrected chi connectivity index (χ2v) is 8.44. The number of aliphatic imine (C=N–C) groups is 1. The van der Waals surface area contributed by atoms with Gasteiger partial charge in [0.05, 0.1) is 18.6 Å². The molecule has 2 N–H and O–H groups in total. The first-order valence-corrected chi connectivity index (χ1v) is 10.5. The molecule has 0 aliphatic rings. The van der Waals surface area contributed by atoms with Crippen LogP contribution in [0.15, 0.2) is 58.4 Å². The fourth-order valence-electron chi connectivity index (χ4n) is 2.52. The van der Waals surface area contributed by atoms with Crippen LogP contribution in [0.2, 0.25) is 0 Å². The molecule has 152 valence electrons. The molecular weight excluding hydrogens is 376 g/mol. The highest BCUT2D eigenvalue weighted by Gasteiger charge is 2.16. The highest BCUT2D eigenvalue weighted by Crippen LogP contribution is 2.17. The van der Waals surface area contributed by atoms with Gasteiger partial charge in [0.15, 0.2) is 5.96 Å². The fourth-order valence-corrected chi connectivity index (χ4v) is 3.42. The summed E-state index contributed by atoms with van der Waals surface area (Å²) in [6, 6.07) is 14.6. The van der Waals surface area contributed by atoms with Gasteiger partial charge in [0.1, 0.15) is 5.75 Å². The van der Waals surface area contributed by atoms with E-state index in [2.05, 4.69) is 15.6 Å². The number of guanidine groups is 1. The number of methoxy groups -OCH3 is 1. The van der Waals surface area contributed by atoms with Gasteiger partial charge < -0.3 is 15.4 Å². The van der Waals surface area contributed by atoms with E-state index in [1.165, 1.54) is 18.4 Å².